The summed E-state index contributed by atoms with van der Waals surface area (Å²) in [4.78, 5) is 26.8. The van der Waals surface area contributed by atoms with Crippen molar-refractivity contribution in [3.8, 4) is 0 Å². The summed E-state index contributed by atoms with van der Waals surface area (Å²) in [7, 11) is 0. The van der Waals surface area contributed by atoms with Gasteiger partial charge in [-0.1, -0.05) is 11.8 Å². The largest absolute Gasteiger partial charge is 0.320 e. The number of rotatable bonds is 5. The van der Waals surface area contributed by atoms with Gasteiger partial charge in [0, 0.05) is 17.1 Å². The van der Waals surface area contributed by atoms with E-state index in [-0.39, 0.29) is 23.0 Å². The van der Waals surface area contributed by atoms with Gasteiger partial charge in [0.1, 0.15) is 5.69 Å². The first-order valence-corrected chi connectivity index (χ1v) is 8.33. The van der Waals surface area contributed by atoms with E-state index in [1.807, 2.05) is 19.2 Å². The highest BCUT2D eigenvalue weighted by Gasteiger charge is 2.17. The van der Waals surface area contributed by atoms with Crippen LogP contribution in [0, 0.1) is 30.9 Å². The van der Waals surface area contributed by atoms with E-state index in [0.717, 1.165) is 21.2 Å². The third-order valence-electron chi connectivity index (χ3n) is 3.01. The number of hydrogen-bond acceptors (Lipinski definition) is 6. The highest BCUT2D eigenvalue weighted by Crippen LogP contribution is 2.28. The molecule has 1 N–H and O–H groups in total. The molecule has 0 aliphatic rings. The van der Waals surface area contributed by atoms with Gasteiger partial charge in [0.2, 0.25) is 5.91 Å². The minimum atomic E-state index is -0.487. The zero-order valence-electron chi connectivity index (χ0n) is 12.4. The molecule has 1 aromatic heterocycles. The van der Waals surface area contributed by atoms with Crippen LogP contribution in [-0.4, -0.2) is 21.6 Å². The number of nitro benzene ring substituents is 1. The number of carbonyl (C=O) groups is 1. The van der Waals surface area contributed by atoms with Crippen molar-refractivity contribution in [2.45, 2.75) is 25.1 Å². The Kier molecular flexibility index (Phi) is 5.15. The van der Waals surface area contributed by atoms with E-state index < -0.39 is 4.92 Å². The van der Waals surface area contributed by atoms with E-state index in [0.29, 0.717) is 0 Å². The summed E-state index contributed by atoms with van der Waals surface area (Å²) in [6.45, 7) is 5.54. The average molecular weight is 337 g/mol. The summed E-state index contributed by atoms with van der Waals surface area (Å²) in [6.07, 6.45) is 0. The smallest absolute Gasteiger partial charge is 0.293 e. The summed E-state index contributed by atoms with van der Waals surface area (Å²) in [5.41, 5.74) is 2.76. The molecular formula is C14H15N3O3S2. The third-order valence-corrected chi connectivity index (χ3v) is 5.15. The Bertz CT molecular complexity index is 728. The molecule has 0 fully saturated rings. The minimum absolute atomic E-state index is 0.0912. The maximum absolute atomic E-state index is 12.0. The Morgan fingerprint density at radius 3 is 2.64 bits per heavy atom. The van der Waals surface area contributed by atoms with Crippen LogP contribution in [0.2, 0.25) is 0 Å². The molecular weight excluding hydrogens is 322 g/mol. The molecule has 0 spiro atoms. The number of amides is 1. The predicted molar refractivity (Wildman–Crippen MR) is 88.8 cm³/mol. The van der Waals surface area contributed by atoms with Crippen LogP contribution in [0.1, 0.15) is 16.8 Å². The number of carbonyl (C=O) groups excluding carboxylic acids is 1. The van der Waals surface area contributed by atoms with Crippen molar-refractivity contribution in [1.82, 2.24) is 4.98 Å². The van der Waals surface area contributed by atoms with Gasteiger partial charge in [0.15, 0.2) is 4.34 Å². The van der Waals surface area contributed by atoms with Crippen LogP contribution < -0.4 is 5.32 Å². The number of aromatic nitrogens is 1. The minimum Gasteiger partial charge on any atom is -0.320 e. The Morgan fingerprint density at radius 2 is 2.05 bits per heavy atom. The number of thiazole rings is 1. The lowest BCUT2D eigenvalue weighted by Gasteiger charge is -2.08. The molecule has 6 nitrogen and oxygen atoms in total. The standard InChI is InChI=1S/C14H15N3O3S2/c1-8-4-11(12(17(19)20)5-9(8)2)16-13(18)7-22-14-15-10(3)6-21-14/h4-6H,7H2,1-3H3,(H,16,18). The van der Waals surface area contributed by atoms with Crippen LogP contribution >= 0.6 is 23.1 Å². The lowest BCUT2D eigenvalue weighted by molar-refractivity contribution is -0.384. The van der Waals surface area contributed by atoms with E-state index >= 15 is 0 Å². The molecule has 2 rings (SSSR count). The van der Waals surface area contributed by atoms with Gasteiger partial charge in [-0.3, -0.25) is 14.9 Å². The van der Waals surface area contributed by atoms with E-state index in [1.54, 1.807) is 13.0 Å². The van der Waals surface area contributed by atoms with Crippen LogP contribution in [0.3, 0.4) is 0 Å². The fourth-order valence-corrected chi connectivity index (χ4v) is 3.41. The first-order valence-electron chi connectivity index (χ1n) is 6.47. The maximum Gasteiger partial charge on any atom is 0.293 e. The second-order valence-electron chi connectivity index (χ2n) is 4.80. The molecule has 22 heavy (non-hydrogen) atoms. The number of nitrogens with zero attached hydrogens (tertiary/aromatic N) is 2. The SMILES string of the molecule is Cc1csc(SCC(=O)Nc2cc(C)c(C)cc2[N+](=O)[O-])n1. The Morgan fingerprint density at radius 1 is 1.36 bits per heavy atom. The van der Waals surface area contributed by atoms with Crippen LogP contribution in [0.25, 0.3) is 0 Å². The van der Waals surface area contributed by atoms with Gasteiger partial charge >= 0.3 is 0 Å². The van der Waals surface area contributed by atoms with Crippen molar-refractivity contribution in [2.24, 2.45) is 0 Å². The quantitative estimate of drug-likeness (QED) is 0.511. The van der Waals surface area contributed by atoms with Gasteiger partial charge in [-0.25, -0.2) is 4.98 Å². The molecule has 1 aromatic carbocycles. The highest BCUT2D eigenvalue weighted by molar-refractivity contribution is 8.01. The van der Waals surface area contributed by atoms with Crippen LogP contribution in [0.5, 0.6) is 0 Å². The molecule has 2 aromatic rings. The number of nitrogens with one attached hydrogen (secondary N) is 1. The molecule has 0 bridgehead atoms. The number of hydrogen-bond donors (Lipinski definition) is 1. The first-order chi connectivity index (χ1) is 10.4. The van der Waals surface area contributed by atoms with E-state index in [2.05, 4.69) is 10.3 Å². The molecule has 0 saturated heterocycles. The maximum atomic E-state index is 12.0. The Hall–Kier alpha value is -1.93. The zero-order chi connectivity index (χ0) is 16.3. The number of aryl methyl sites for hydroxylation is 3. The van der Waals surface area contributed by atoms with Crippen molar-refractivity contribution < 1.29 is 9.72 Å². The van der Waals surface area contributed by atoms with E-state index in [9.17, 15) is 14.9 Å². The van der Waals surface area contributed by atoms with Crippen LogP contribution in [0.15, 0.2) is 21.9 Å². The molecule has 0 atom stereocenters. The fraction of sp³-hybridized carbons (Fsp3) is 0.286. The Balaban J connectivity index is 2.07. The summed E-state index contributed by atoms with van der Waals surface area (Å²) in [5, 5.41) is 15.6. The molecule has 1 heterocycles. The van der Waals surface area contributed by atoms with E-state index in [1.165, 1.54) is 29.2 Å². The number of anilines is 1. The molecule has 0 radical (unpaired) electrons. The van der Waals surface area contributed by atoms with Crippen LogP contribution in [0.4, 0.5) is 11.4 Å². The van der Waals surface area contributed by atoms with Crippen molar-refractivity contribution >= 4 is 40.4 Å². The first kappa shape index (κ1) is 16.4. The van der Waals surface area contributed by atoms with E-state index in [4.69, 9.17) is 0 Å². The number of thioether (sulfide) groups is 1. The molecule has 0 aliphatic heterocycles. The lowest BCUT2D eigenvalue weighted by atomic mass is 10.1. The monoisotopic (exact) mass is 337 g/mol. The zero-order valence-corrected chi connectivity index (χ0v) is 14.0. The number of nitro groups is 1. The second-order valence-corrected chi connectivity index (χ2v) is 6.88. The topological polar surface area (TPSA) is 85.1 Å². The van der Waals surface area contributed by atoms with Gasteiger partial charge < -0.3 is 5.32 Å². The molecule has 116 valence electrons. The summed E-state index contributed by atoms with van der Waals surface area (Å²) in [6, 6.07) is 3.10. The normalized spacial score (nSPS) is 10.5. The average Bonchev–Trinajstić information content (AvgIpc) is 2.86. The molecule has 0 unspecified atom stereocenters. The third kappa shape index (κ3) is 4.05. The lowest BCUT2D eigenvalue weighted by Crippen LogP contribution is -2.15. The molecule has 0 saturated carbocycles. The molecule has 0 aliphatic carbocycles. The fourth-order valence-electron chi connectivity index (χ4n) is 1.76. The molecule has 1 amide bonds. The van der Waals surface area contributed by atoms with Gasteiger partial charge in [-0.15, -0.1) is 11.3 Å². The predicted octanol–water partition coefficient (Wildman–Crippen LogP) is 3.71. The Labute approximate surface area is 136 Å². The van der Waals surface area contributed by atoms with Gasteiger partial charge in [0.25, 0.3) is 5.69 Å². The van der Waals surface area contributed by atoms with Gasteiger partial charge in [-0.05, 0) is 38.0 Å². The van der Waals surface area contributed by atoms with Crippen molar-refractivity contribution in [3.63, 3.8) is 0 Å². The van der Waals surface area contributed by atoms with Crippen molar-refractivity contribution in [1.29, 1.82) is 0 Å². The molecule has 8 heteroatoms. The van der Waals surface area contributed by atoms with Gasteiger partial charge in [-0.2, -0.15) is 0 Å². The van der Waals surface area contributed by atoms with Crippen LogP contribution in [-0.2, 0) is 4.79 Å². The van der Waals surface area contributed by atoms with Crippen molar-refractivity contribution in [3.05, 3.63) is 44.4 Å². The summed E-state index contributed by atoms with van der Waals surface area (Å²) >= 11 is 2.79. The highest BCUT2D eigenvalue weighted by atomic mass is 32.2. The number of benzene rings is 1. The van der Waals surface area contributed by atoms with Gasteiger partial charge in [0.05, 0.1) is 10.7 Å². The van der Waals surface area contributed by atoms with Crippen molar-refractivity contribution in [2.75, 3.05) is 11.1 Å². The second kappa shape index (κ2) is 6.89. The summed E-state index contributed by atoms with van der Waals surface area (Å²) in [5.74, 6) is -0.124. The summed E-state index contributed by atoms with van der Waals surface area (Å²) < 4.78 is 0.808.